The van der Waals surface area contributed by atoms with Gasteiger partial charge in [-0.25, -0.2) is 0 Å². The predicted molar refractivity (Wildman–Crippen MR) is 84.5 cm³/mol. The highest BCUT2D eigenvalue weighted by atomic mass is 16.6. The van der Waals surface area contributed by atoms with Crippen molar-refractivity contribution in [2.45, 2.75) is 77.3 Å². The fraction of sp³-hybridized carbons (Fsp3) is 0.765. The maximum absolute atomic E-state index is 12.3. The summed E-state index contributed by atoms with van der Waals surface area (Å²) in [5.41, 5.74) is 0. The largest absolute Gasteiger partial charge is 0.459 e. The van der Waals surface area contributed by atoms with Crippen LogP contribution < -0.4 is 0 Å². The van der Waals surface area contributed by atoms with Crippen LogP contribution in [0, 0.1) is 5.92 Å². The first-order valence-corrected chi connectivity index (χ1v) is 8.21. The fourth-order valence-electron chi connectivity index (χ4n) is 2.52. The van der Waals surface area contributed by atoms with Gasteiger partial charge in [0, 0.05) is 6.92 Å². The van der Waals surface area contributed by atoms with Gasteiger partial charge in [-0.2, -0.15) is 0 Å². The molecule has 0 radical (unpaired) electrons. The van der Waals surface area contributed by atoms with Crippen molar-refractivity contribution in [3.63, 3.8) is 0 Å². The zero-order valence-corrected chi connectivity index (χ0v) is 14.1. The molecule has 5 unspecified atom stereocenters. The summed E-state index contributed by atoms with van der Waals surface area (Å²) >= 11 is 0. The summed E-state index contributed by atoms with van der Waals surface area (Å²) in [6.07, 6.45) is 3.88. The van der Waals surface area contributed by atoms with E-state index in [4.69, 9.17) is 9.47 Å². The van der Waals surface area contributed by atoms with Crippen molar-refractivity contribution in [1.82, 2.24) is 0 Å². The van der Waals surface area contributed by atoms with Crippen LogP contribution in [-0.2, 0) is 19.1 Å². The monoisotopic (exact) mass is 328 g/mol. The van der Waals surface area contributed by atoms with Crippen LogP contribution in [-0.4, -0.2) is 46.6 Å². The molecular formula is C17H28O6. The molecule has 0 aromatic rings. The Morgan fingerprint density at radius 2 is 2.22 bits per heavy atom. The van der Waals surface area contributed by atoms with Crippen molar-refractivity contribution in [3.8, 4) is 0 Å². The summed E-state index contributed by atoms with van der Waals surface area (Å²) < 4.78 is 10.6. The molecule has 0 saturated carbocycles. The third-order valence-corrected chi connectivity index (χ3v) is 3.93. The van der Waals surface area contributed by atoms with E-state index in [9.17, 15) is 19.8 Å². The summed E-state index contributed by atoms with van der Waals surface area (Å²) in [5, 5.41) is 19.5. The molecule has 23 heavy (non-hydrogen) atoms. The Balaban J connectivity index is 2.76. The van der Waals surface area contributed by atoms with Crippen molar-refractivity contribution in [2.75, 3.05) is 0 Å². The molecule has 0 bridgehead atoms. The second kappa shape index (κ2) is 9.67. The van der Waals surface area contributed by atoms with Gasteiger partial charge in [-0.1, -0.05) is 6.08 Å². The van der Waals surface area contributed by atoms with E-state index in [0.717, 1.165) is 0 Å². The summed E-state index contributed by atoms with van der Waals surface area (Å²) in [4.78, 5) is 23.4. The number of esters is 2. The van der Waals surface area contributed by atoms with Crippen LogP contribution in [0.15, 0.2) is 12.2 Å². The Morgan fingerprint density at radius 3 is 2.83 bits per heavy atom. The number of allylic oxidation sites excluding steroid dienone is 1. The van der Waals surface area contributed by atoms with Gasteiger partial charge in [-0.3, -0.25) is 9.59 Å². The average molecular weight is 328 g/mol. The number of hydrogen-bond acceptors (Lipinski definition) is 6. The van der Waals surface area contributed by atoms with Gasteiger partial charge in [0.2, 0.25) is 0 Å². The van der Waals surface area contributed by atoms with Crippen LogP contribution in [0.3, 0.4) is 0 Å². The molecular weight excluding hydrogens is 300 g/mol. The van der Waals surface area contributed by atoms with Crippen LogP contribution >= 0.6 is 0 Å². The van der Waals surface area contributed by atoms with E-state index in [0.29, 0.717) is 32.1 Å². The number of carbonyl (C=O) groups is 2. The van der Waals surface area contributed by atoms with E-state index in [1.807, 2.05) is 6.08 Å². The molecule has 132 valence electrons. The second-order valence-corrected chi connectivity index (χ2v) is 6.19. The first kappa shape index (κ1) is 19.6. The molecule has 1 aliphatic rings. The third-order valence-electron chi connectivity index (χ3n) is 3.93. The first-order valence-electron chi connectivity index (χ1n) is 8.21. The molecule has 1 rings (SSSR count). The summed E-state index contributed by atoms with van der Waals surface area (Å²) in [6.45, 7) is 4.64. The van der Waals surface area contributed by atoms with E-state index in [1.54, 1.807) is 19.9 Å². The quantitative estimate of drug-likeness (QED) is 0.590. The molecule has 2 N–H and O–H groups in total. The van der Waals surface area contributed by atoms with Gasteiger partial charge in [-0.05, 0) is 52.0 Å². The van der Waals surface area contributed by atoms with Crippen LogP contribution in [0.2, 0.25) is 0 Å². The van der Waals surface area contributed by atoms with Crippen LogP contribution in [0.4, 0.5) is 0 Å². The SMILES string of the molecule is CC(=O)OC1C=CCCC(O)C(CCCC(C)O)OC(=O)C1C. The summed E-state index contributed by atoms with van der Waals surface area (Å²) in [7, 11) is 0. The van der Waals surface area contributed by atoms with E-state index < -0.39 is 42.3 Å². The van der Waals surface area contributed by atoms with Crippen molar-refractivity contribution >= 4 is 11.9 Å². The van der Waals surface area contributed by atoms with Crippen LogP contribution in [0.5, 0.6) is 0 Å². The average Bonchev–Trinajstić information content (AvgIpc) is 2.46. The van der Waals surface area contributed by atoms with Crippen LogP contribution in [0.1, 0.15) is 52.9 Å². The minimum atomic E-state index is -0.741. The van der Waals surface area contributed by atoms with Gasteiger partial charge in [0.25, 0.3) is 0 Å². The molecule has 6 heteroatoms. The Morgan fingerprint density at radius 1 is 1.52 bits per heavy atom. The van der Waals surface area contributed by atoms with Gasteiger partial charge in [0.1, 0.15) is 12.2 Å². The van der Waals surface area contributed by atoms with E-state index in [2.05, 4.69) is 0 Å². The Bertz CT molecular complexity index is 417. The van der Waals surface area contributed by atoms with E-state index in [-0.39, 0.29) is 0 Å². The zero-order chi connectivity index (χ0) is 17.4. The zero-order valence-electron chi connectivity index (χ0n) is 14.1. The van der Waals surface area contributed by atoms with Gasteiger partial charge in [-0.15, -0.1) is 0 Å². The molecule has 1 aliphatic heterocycles. The molecule has 0 aliphatic carbocycles. The highest BCUT2D eigenvalue weighted by molar-refractivity contribution is 5.74. The predicted octanol–water partition coefficient (Wildman–Crippen LogP) is 1.73. The topological polar surface area (TPSA) is 93.1 Å². The molecule has 0 aromatic heterocycles. The standard InChI is InChI=1S/C17H28O6/c1-11(18)7-6-10-16-14(20)8-4-5-9-15(22-13(3)19)12(2)17(21)23-16/h5,9,11-12,14-16,18,20H,4,6-8,10H2,1-3H3. The molecule has 0 amide bonds. The maximum Gasteiger partial charge on any atom is 0.313 e. The number of carbonyl (C=O) groups excluding carboxylic acids is 2. The lowest BCUT2D eigenvalue weighted by atomic mass is 9.98. The van der Waals surface area contributed by atoms with Gasteiger partial charge >= 0.3 is 11.9 Å². The Kier molecular flexibility index (Phi) is 8.26. The molecule has 0 aromatic carbocycles. The fourth-order valence-corrected chi connectivity index (χ4v) is 2.52. The number of aliphatic hydroxyl groups is 2. The third kappa shape index (κ3) is 7.14. The molecule has 0 saturated heterocycles. The van der Waals surface area contributed by atoms with E-state index in [1.165, 1.54) is 6.92 Å². The smallest absolute Gasteiger partial charge is 0.313 e. The number of ether oxygens (including phenoxy) is 2. The van der Waals surface area contributed by atoms with Crippen molar-refractivity contribution in [1.29, 1.82) is 0 Å². The maximum atomic E-state index is 12.3. The molecule has 1 heterocycles. The number of rotatable bonds is 5. The lowest BCUT2D eigenvalue weighted by Crippen LogP contribution is -2.37. The van der Waals surface area contributed by atoms with E-state index >= 15 is 0 Å². The molecule has 6 nitrogen and oxygen atoms in total. The number of cyclic esters (lactones) is 1. The van der Waals surface area contributed by atoms with Crippen molar-refractivity contribution in [3.05, 3.63) is 12.2 Å². The highest BCUT2D eigenvalue weighted by Crippen LogP contribution is 2.21. The Labute approximate surface area is 137 Å². The number of aliphatic hydroxyl groups excluding tert-OH is 2. The van der Waals surface area contributed by atoms with Gasteiger partial charge < -0.3 is 19.7 Å². The Hall–Kier alpha value is -1.40. The van der Waals surface area contributed by atoms with Crippen LogP contribution in [0.25, 0.3) is 0 Å². The second-order valence-electron chi connectivity index (χ2n) is 6.19. The molecule has 0 spiro atoms. The van der Waals surface area contributed by atoms with Crippen molar-refractivity contribution in [2.24, 2.45) is 5.92 Å². The van der Waals surface area contributed by atoms with Crippen molar-refractivity contribution < 1.29 is 29.3 Å². The summed E-state index contributed by atoms with van der Waals surface area (Å²) in [6, 6.07) is 0. The summed E-state index contributed by atoms with van der Waals surface area (Å²) in [5.74, 6) is -1.59. The van der Waals surface area contributed by atoms with Gasteiger partial charge in [0.15, 0.2) is 0 Å². The first-order chi connectivity index (χ1) is 10.8. The molecule has 0 fully saturated rings. The highest BCUT2D eigenvalue weighted by Gasteiger charge is 2.31. The number of hydrogen-bond donors (Lipinski definition) is 2. The minimum Gasteiger partial charge on any atom is -0.459 e. The van der Waals surface area contributed by atoms with Gasteiger partial charge in [0.05, 0.1) is 18.1 Å². The lowest BCUT2D eigenvalue weighted by Gasteiger charge is -2.27. The molecule has 5 atom stereocenters. The normalized spacial score (nSPS) is 30.4. The lowest BCUT2D eigenvalue weighted by molar-refractivity contribution is -0.166. The minimum absolute atomic E-state index is 0.419.